The molecule has 0 spiro atoms. The van der Waals surface area contributed by atoms with Crippen molar-refractivity contribution in [3.63, 3.8) is 0 Å². The van der Waals surface area contributed by atoms with E-state index in [9.17, 15) is 0 Å². The summed E-state index contributed by atoms with van der Waals surface area (Å²) in [6.45, 7) is 4.42. The monoisotopic (exact) mass is 583 g/mol. The van der Waals surface area contributed by atoms with Crippen LogP contribution in [-0.2, 0) is 32.2 Å². The molecule has 4 aromatic carbocycles. The van der Waals surface area contributed by atoms with Gasteiger partial charge in [-0.05, 0) is 0 Å². The molecule has 4 aromatic rings. The van der Waals surface area contributed by atoms with Gasteiger partial charge in [-0.1, -0.05) is 0 Å². The van der Waals surface area contributed by atoms with E-state index in [0.29, 0.717) is 0 Å². The molecule has 0 aliphatic heterocycles. The van der Waals surface area contributed by atoms with E-state index >= 15 is 0 Å². The van der Waals surface area contributed by atoms with Gasteiger partial charge in [-0.15, -0.1) is 0 Å². The summed E-state index contributed by atoms with van der Waals surface area (Å²) < 4.78 is 0.103. The fraction of sp³-hybridized carbons (Fsp3) is 0.152. The van der Waals surface area contributed by atoms with E-state index in [2.05, 4.69) is 111 Å². The van der Waals surface area contributed by atoms with Crippen molar-refractivity contribution in [2.45, 2.75) is 30.3 Å². The van der Waals surface area contributed by atoms with Gasteiger partial charge in [0.2, 0.25) is 0 Å². The molecular formula is C33H27Cl2Zr. The van der Waals surface area contributed by atoms with Crippen LogP contribution in [0, 0.1) is 13.8 Å². The molecule has 36 heavy (non-hydrogen) atoms. The van der Waals surface area contributed by atoms with Crippen molar-refractivity contribution in [2.24, 2.45) is 0 Å². The number of fused-ring (bicyclic) bond motifs is 2. The number of allylic oxidation sites excluding steroid dienone is 2. The molecule has 0 fully saturated rings. The van der Waals surface area contributed by atoms with E-state index in [-0.39, 0.29) is 3.63 Å². The number of halogens is 2. The molecule has 0 amide bonds. The predicted molar refractivity (Wildman–Crippen MR) is 152 cm³/mol. The van der Waals surface area contributed by atoms with E-state index in [1.807, 2.05) is 0 Å². The van der Waals surface area contributed by atoms with Gasteiger partial charge in [0.05, 0.1) is 0 Å². The summed E-state index contributed by atoms with van der Waals surface area (Å²) in [5, 5.41) is 0. The Morgan fingerprint density at radius 3 is 1.39 bits per heavy atom. The summed E-state index contributed by atoms with van der Waals surface area (Å²) in [4.78, 5) is 0. The van der Waals surface area contributed by atoms with Gasteiger partial charge in [0.1, 0.15) is 0 Å². The zero-order valence-corrected chi connectivity index (χ0v) is 24.5. The van der Waals surface area contributed by atoms with Gasteiger partial charge in [0, 0.05) is 0 Å². The van der Waals surface area contributed by atoms with Crippen molar-refractivity contribution in [3.8, 4) is 0 Å². The van der Waals surface area contributed by atoms with Gasteiger partial charge < -0.3 is 0 Å². The summed E-state index contributed by atoms with van der Waals surface area (Å²) >= 11 is -2.79. The van der Waals surface area contributed by atoms with Gasteiger partial charge in [-0.3, -0.25) is 0 Å². The minimum absolute atomic E-state index is 0.103. The standard InChI is InChI=1S/C33H27.2ClH.Zr/c1-22-13-15-26(32-20-28(18-30(22)32)24-9-5-3-6-10-24)17-27-16-14-23(2)31-19-29(21-33(27)31)25-11-7-4-8-12-25;;;/h3-19H,20-21H2,1-2H3;2*1H;/q;;;+2/p-2. The fourth-order valence-corrected chi connectivity index (χ4v) is 11.1. The van der Waals surface area contributed by atoms with Crippen molar-refractivity contribution in [3.05, 3.63) is 141 Å². The van der Waals surface area contributed by atoms with Crippen molar-refractivity contribution in [1.82, 2.24) is 0 Å². The molecule has 0 unspecified atom stereocenters. The number of aryl methyl sites for hydroxylation is 2. The second-order valence-electron chi connectivity index (χ2n) is 9.88. The zero-order valence-electron chi connectivity index (χ0n) is 20.5. The Balaban J connectivity index is 1.44. The molecule has 6 rings (SSSR count). The molecule has 0 heterocycles. The maximum atomic E-state index is 7.03. The molecule has 0 radical (unpaired) electrons. The van der Waals surface area contributed by atoms with Gasteiger partial charge in [-0.2, -0.15) is 0 Å². The average molecular weight is 586 g/mol. The summed E-state index contributed by atoms with van der Waals surface area (Å²) in [5.74, 6) is 0. The van der Waals surface area contributed by atoms with Crippen LogP contribution in [0.3, 0.4) is 0 Å². The number of hydrogen-bond donors (Lipinski definition) is 0. The Morgan fingerprint density at radius 2 is 1.00 bits per heavy atom. The predicted octanol–water partition coefficient (Wildman–Crippen LogP) is 9.51. The second-order valence-corrected chi connectivity index (χ2v) is 18.7. The normalized spacial score (nSPS) is 13.9. The van der Waals surface area contributed by atoms with Crippen molar-refractivity contribution < 1.29 is 19.4 Å². The van der Waals surface area contributed by atoms with Crippen LogP contribution in [0.1, 0.15) is 59.3 Å². The molecule has 3 heteroatoms. The van der Waals surface area contributed by atoms with Crippen LogP contribution in [0.2, 0.25) is 0 Å². The molecule has 0 atom stereocenters. The Kier molecular flexibility index (Phi) is 6.68. The molecule has 2 aliphatic rings. The van der Waals surface area contributed by atoms with Crippen LogP contribution in [0.15, 0.2) is 84.9 Å². The molecule has 0 saturated carbocycles. The van der Waals surface area contributed by atoms with Crippen LogP contribution in [0.4, 0.5) is 0 Å². The molecule has 0 nitrogen and oxygen atoms in total. The first kappa shape index (κ1) is 24.2. The topological polar surface area (TPSA) is 0 Å². The second kappa shape index (κ2) is 9.94. The van der Waals surface area contributed by atoms with Crippen LogP contribution >= 0.6 is 17.0 Å². The molecule has 0 saturated heterocycles. The molecular weight excluding hydrogens is 558 g/mol. The Morgan fingerprint density at radius 1 is 0.583 bits per heavy atom. The number of rotatable bonds is 5. The summed E-state index contributed by atoms with van der Waals surface area (Å²) in [5.41, 5.74) is 16.1. The van der Waals surface area contributed by atoms with Crippen molar-refractivity contribution in [2.75, 3.05) is 0 Å². The average Bonchev–Trinajstić information content (AvgIpc) is 3.55. The first-order valence-corrected chi connectivity index (χ1v) is 20.2. The Bertz CT molecular complexity index is 1400. The van der Waals surface area contributed by atoms with Crippen LogP contribution in [0.25, 0.3) is 23.3 Å². The first-order chi connectivity index (χ1) is 17.5. The van der Waals surface area contributed by atoms with Gasteiger partial charge in [0.25, 0.3) is 0 Å². The van der Waals surface area contributed by atoms with Crippen molar-refractivity contribution >= 4 is 40.3 Å². The van der Waals surface area contributed by atoms with E-state index in [0.717, 1.165) is 12.8 Å². The van der Waals surface area contributed by atoms with E-state index in [1.54, 1.807) is 0 Å². The van der Waals surface area contributed by atoms with Crippen molar-refractivity contribution in [1.29, 1.82) is 0 Å². The molecule has 0 N–H and O–H groups in total. The number of benzene rings is 4. The molecule has 2 aliphatic carbocycles. The van der Waals surface area contributed by atoms with E-state index in [4.69, 9.17) is 17.0 Å². The van der Waals surface area contributed by atoms with Gasteiger partial charge in [-0.25, -0.2) is 0 Å². The quantitative estimate of drug-likeness (QED) is 0.219. The first-order valence-electron chi connectivity index (χ1n) is 12.5. The maximum absolute atomic E-state index is 7.03. The Labute approximate surface area is 229 Å². The van der Waals surface area contributed by atoms with Gasteiger partial charge >= 0.3 is 231 Å². The molecule has 0 aromatic heterocycles. The number of hydrogen-bond acceptors (Lipinski definition) is 0. The SMILES string of the molecule is Cc1ccc([CH](c2ccc(C)c3c2CC(c2ccccc2)=C3)[Zr]([Cl])[Cl])c2c1C=C(c1ccccc1)C2. The minimum atomic E-state index is -2.79. The molecule has 0 bridgehead atoms. The third kappa shape index (κ3) is 4.30. The fourth-order valence-electron chi connectivity index (χ4n) is 5.84. The Hall–Kier alpha value is -2.18. The van der Waals surface area contributed by atoms with Crippen LogP contribution in [-0.4, -0.2) is 0 Å². The van der Waals surface area contributed by atoms with Gasteiger partial charge in [0.15, 0.2) is 0 Å². The van der Waals surface area contributed by atoms with E-state index < -0.39 is 19.4 Å². The summed E-state index contributed by atoms with van der Waals surface area (Å²) in [7, 11) is 14.1. The third-order valence-electron chi connectivity index (χ3n) is 7.72. The van der Waals surface area contributed by atoms with Crippen LogP contribution in [0.5, 0.6) is 0 Å². The van der Waals surface area contributed by atoms with Crippen LogP contribution < -0.4 is 0 Å². The third-order valence-corrected chi connectivity index (χ3v) is 12.9. The zero-order chi connectivity index (χ0) is 24.8. The summed E-state index contributed by atoms with van der Waals surface area (Å²) in [6, 6.07) is 30.6. The summed E-state index contributed by atoms with van der Waals surface area (Å²) in [6.07, 6.45) is 6.61. The molecule has 177 valence electrons. The van der Waals surface area contributed by atoms with E-state index in [1.165, 1.54) is 66.8 Å².